The van der Waals surface area contributed by atoms with E-state index in [0.717, 1.165) is 23.4 Å². The van der Waals surface area contributed by atoms with Gasteiger partial charge in [0, 0.05) is 36.4 Å². The Morgan fingerprint density at radius 3 is 2.47 bits per heavy atom. The van der Waals surface area contributed by atoms with Gasteiger partial charge in [-0.15, -0.1) is 10.2 Å². The summed E-state index contributed by atoms with van der Waals surface area (Å²) in [5.74, 6) is 0.883. The van der Waals surface area contributed by atoms with E-state index in [9.17, 15) is 9.59 Å². The highest BCUT2D eigenvalue weighted by atomic mass is 32.1. The SMILES string of the molecule is COc1ccc(NC(=O)N2CCC[C@@H](c3nnc(C(=O)Nc4ccc(C)cc4)s3)C2)cc1OC. The predicted octanol–water partition coefficient (Wildman–Crippen LogP) is 4.53. The molecule has 1 saturated heterocycles. The molecule has 1 fully saturated rings. The van der Waals surface area contributed by atoms with Crippen LogP contribution in [0.3, 0.4) is 0 Å². The first-order valence-corrected chi connectivity index (χ1v) is 11.8. The Kier molecular flexibility index (Phi) is 7.27. The second kappa shape index (κ2) is 10.5. The zero-order valence-corrected chi connectivity index (χ0v) is 20.1. The van der Waals surface area contributed by atoms with Crippen molar-refractivity contribution in [2.75, 3.05) is 37.9 Å². The first-order valence-electron chi connectivity index (χ1n) is 11.0. The molecule has 3 amide bonds. The van der Waals surface area contributed by atoms with Crippen molar-refractivity contribution in [2.45, 2.75) is 25.7 Å². The number of carbonyl (C=O) groups is 2. The van der Waals surface area contributed by atoms with Crippen LogP contribution in [0, 0.1) is 6.92 Å². The molecular weight excluding hydrogens is 454 g/mol. The number of ether oxygens (including phenoxy) is 2. The van der Waals surface area contributed by atoms with Crippen LogP contribution in [0.25, 0.3) is 0 Å². The summed E-state index contributed by atoms with van der Waals surface area (Å²) in [4.78, 5) is 27.2. The molecule has 0 unspecified atom stereocenters. The highest BCUT2D eigenvalue weighted by Gasteiger charge is 2.28. The number of aryl methyl sites for hydroxylation is 1. The number of carbonyl (C=O) groups excluding carboxylic acids is 2. The second-order valence-electron chi connectivity index (χ2n) is 8.05. The summed E-state index contributed by atoms with van der Waals surface area (Å²) in [7, 11) is 3.12. The molecule has 1 aliphatic rings. The number of aromatic nitrogens is 2. The number of anilines is 2. The zero-order chi connectivity index (χ0) is 24.1. The molecule has 0 saturated carbocycles. The van der Waals surface area contributed by atoms with Crippen molar-refractivity contribution in [3.05, 3.63) is 58.0 Å². The molecule has 0 spiro atoms. The zero-order valence-electron chi connectivity index (χ0n) is 19.3. The number of urea groups is 1. The van der Waals surface area contributed by atoms with Crippen LogP contribution in [-0.2, 0) is 0 Å². The maximum absolute atomic E-state index is 12.9. The summed E-state index contributed by atoms with van der Waals surface area (Å²) in [5, 5.41) is 15.2. The van der Waals surface area contributed by atoms with Crippen molar-refractivity contribution in [3.8, 4) is 11.5 Å². The van der Waals surface area contributed by atoms with Gasteiger partial charge in [-0.25, -0.2) is 4.79 Å². The molecule has 0 radical (unpaired) electrons. The van der Waals surface area contributed by atoms with Crippen molar-refractivity contribution in [3.63, 3.8) is 0 Å². The van der Waals surface area contributed by atoms with E-state index in [1.165, 1.54) is 11.3 Å². The molecule has 2 N–H and O–H groups in total. The molecule has 4 rings (SSSR count). The quantitative estimate of drug-likeness (QED) is 0.536. The van der Waals surface area contributed by atoms with Gasteiger partial charge in [0.05, 0.1) is 14.2 Å². The minimum atomic E-state index is -0.286. The molecule has 0 aliphatic carbocycles. The van der Waals surface area contributed by atoms with E-state index in [1.54, 1.807) is 37.3 Å². The molecule has 178 valence electrons. The predicted molar refractivity (Wildman–Crippen MR) is 131 cm³/mol. The van der Waals surface area contributed by atoms with Gasteiger partial charge in [0.1, 0.15) is 5.01 Å². The number of hydrogen-bond acceptors (Lipinski definition) is 7. The van der Waals surface area contributed by atoms with Gasteiger partial charge in [0.25, 0.3) is 5.91 Å². The van der Waals surface area contributed by atoms with E-state index in [2.05, 4.69) is 20.8 Å². The number of piperidine rings is 1. The molecule has 0 bridgehead atoms. The summed E-state index contributed by atoms with van der Waals surface area (Å²) < 4.78 is 10.6. The Hall–Kier alpha value is -3.66. The number of nitrogens with zero attached hydrogens (tertiary/aromatic N) is 3. The van der Waals surface area contributed by atoms with Gasteiger partial charge >= 0.3 is 6.03 Å². The lowest BCUT2D eigenvalue weighted by molar-refractivity contribution is 0.102. The van der Waals surface area contributed by atoms with E-state index < -0.39 is 0 Å². The molecule has 2 heterocycles. The molecule has 1 atom stereocenters. The Bertz CT molecular complexity index is 1160. The topological polar surface area (TPSA) is 106 Å². The normalized spacial score (nSPS) is 15.5. The molecule has 2 aromatic carbocycles. The summed E-state index contributed by atoms with van der Waals surface area (Å²) >= 11 is 1.27. The largest absolute Gasteiger partial charge is 0.493 e. The molecule has 10 heteroatoms. The first kappa shape index (κ1) is 23.5. The van der Waals surface area contributed by atoms with Gasteiger partial charge in [-0.2, -0.15) is 0 Å². The van der Waals surface area contributed by atoms with Crippen molar-refractivity contribution < 1.29 is 19.1 Å². The minimum absolute atomic E-state index is 0.0309. The van der Waals surface area contributed by atoms with Crippen molar-refractivity contribution in [1.29, 1.82) is 0 Å². The Balaban J connectivity index is 1.38. The van der Waals surface area contributed by atoms with E-state index in [4.69, 9.17) is 9.47 Å². The maximum Gasteiger partial charge on any atom is 0.321 e. The van der Waals surface area contributed by atoms with Crippen LogP contribution in [0.2, 0.25) is 0 Å². The van der Waals surface area contributed by atoms with Crippen LogP contribution >= 0.6 is 11.3 Å². The summed E-state index contributed by atoms with van der Waals surface area (Å²) in [6.45, 7) is 3.15. The monoisotopic (exact) mass is 481 g/mol. The van der Waals surface area contributed by atoms with E-state index >= 15 is 0 Å². The average molecular weight is 482 g/mol. The number of nitrogens with one attached hydrogen (secondary N) is 2. The summed E-state index contributed by atoms with van der Waals surface area (Å²) in [6, 6.07) is 12.6. The summed E-state index contributed by atoms with van der Waals surface area (Å²) in [5.41, 5.74) is 2.45. The third-order valence-corrected chi connectivity index (χ3v) is 6.72. The lowest BCUT2D eigenvalue weighted by atomic mass is 9.99. The number of benzene rings is 2. The number of hydrogen-bond donors (Lipinski definition) is 2. The van der Waals surface area contributed by atoms with Crippen molar-refractivity contribution >= 4 is 34.6 Å². The highest BCUT2D eigenvalue weighted by Crippen LogP contribution is 2.32. The first-order chi connectivity index (χ1) is 16.5. The summed E-state index contributed by atoms with van der Waals surface area (Å²) in [6.07, 6.45) is 1.73. The van der Waals surface area contributed by atoms with Crippen LogP contribution in [0.15, 0.2) is 42.5 Å². The third kappa shape index (κ3) is 5.45. The molecule has 34 heavy (non-hydrogen) atoms. The Labute approximate surface area is 202 Å². The molecule has 1 aliphatic heterocycles. The van der Waals surface area contributed by atoms with Crippen LogP contribution in [-0.4, -0.2) is 54.3 Å². The molecule has 3 aromatic rings. The van der Waals surface area contributed by atoms with E-state index in [-0.39, 0.29) is 17.9 Å². The van der Waals surface area contributed by atoms with E-state index in [0.29, 0.717) is 41.0 Å². The highest BCUT2D eigenvalue weighted by molar-refractivity contribution is 7.13. The number of rotatable bonds is 6. The maximum atomic E-state index is 12.9. The Morgan fingerprint density at radius 1 is 1.00 bits per heavy atom. The number of amides is 3. The second-order valence-corrected chi connectivity index (χ2v) is 9.06. The van der Waals surface area contributed by atoms with Gasteiger partial charge in [-0.3, -0.25) is 4.79 Å². The van der Waals surface area contributed by atoms with Crippen LogP contribution in [0.1, 0.15) is 39.1 Å². The number of likely N-dealkylation sites (tertiary alicyclic amines) is 1. The molecular formula is C24H27N5O4S. The van der Waals surface area contributed by atoms with E-state index in [1.807, 2.05) is 31.2 Å². The Morgan fingerprint density at radius 2 is 1.74 bits per heavy atom. The molecule has 9 nitrogen and oxygen atoms in total. The fourth-order valence-corrected chi connectivity index (χ4v) is 4.66. The third-order valence-electron chi connectivity index (χ3n) is 5.64. The van der Waals surface area contributed by atoms with Crippen LogP contribution < -0.4 is 20.1 Å². The fourth-order valence-electron chi connectivity index (χ4n) is 3.79. The number of methoxy groups -OCH3 is 2. The standard InChI is InChI=1S/C24H27N5O4S/c1-15-6-8-17(9-7-15)25-21(30)23-28-27-22(34-23)16-5-4-12-29(14-16)24(31)26-18-10-11-19(32-2)20(13-18)33-3/h6-11,13,16H,4-5,12,14H2,1-3H3,(H,25,30)(H,26,31)/t16-/m1/s1. The van der Waals surface area contributed by atoms with Crippen LogP contribution in [0.5, 0.6) is 11.5 Å². The van der Waals surface area contributed by atoms with Crippen molar-refractivity contribution in [1.82, 2.24) is 15.1 Å². The van der Waals surface area contributed by atoms with Gasteiger partial charge in [0.2, 0.25) is 5.01 Å². The van der Waals surface area contributed by atoms with Gasteiger partial charge in [-0.05, 0) is 44.0 Å². The smallest absolute Gasteiger partial charge is 0.321 e. The van der Waals surface area contributed by atoms with Gasteiger partial charge < -0.3 is 25.0 Å². The van der Waals surface area contributed by atoms with Gasteiger partial charge in [-0.1, -0.05) is 29.0 Å². The van der Waals surface area contributed by atoms with Crippen LogP contribution in [0.4, 0.5) is 16.2 Å². The van der Waals surface area contributed by atoms with Gasteiger partial charge in [0.15, 0.2) is 11.5 Å². The lowest BCUT2D eigenvalue weighted by Gasteiger charge is -2.31. The molecule has 1 aromatic heterocycles. The lowest BCUT2D eigenvalue weighted by Crippen LogP contribution is -2.41. The fraction of sp³-hybridized carbons (Fsp3) is 0.333. The average Bonchev–Trinajstić information content (AvgIpc) is 3.36. The minimum Gasteiger partial charge on any atom is -0.493 e. The van der Waals surface area contributed by atoms with Crippen molar-refractivity contribution in [2.24, 2.45) is 0 Å².